The van der Waals surface area contributed by atoms with E-state index >= 15 is 0 Å². The first-order chi connectivity index (χ1) is 19.7. The third-order valence-electron chi connectivity index (χ3n) is 6.73. The Kier molecular flexibility index (Phi) is 10.7. The van der Waals surface area contributed by atoms with E-state index in [1.54, 1.807) is 37.8 Å². The first-order valence-corrected chi connectivity index (χ1v) is 14.0. The summed E-state index contributed by atoms with van der Waals surface area (Å²) in [5, 5.41) is 8.74. The number of carbonyl (C=O) groups excluding carboxylic acids is 3. The van der Waals surface area contributed by atoms with Gasteiger partial charge in [0, 0.05) is 51.9 Å². The Balaban J connectivity index is 1.81. The summed E-state index contributed by atoms with van der Waals surface area (Å²) in [6.07, 6.45) is -4.84. The lowest BCUT2D eigenvalue weighted by molar-refractivity contribution is -0.138. The van der Waals surface area contributed by atoms with Gasteiger partial charge in [-0.2, -0.15) is 13.2 Å². The molecule has 0 radical (unpaired) electrons. The van der Waals surface area contributed by atoms with E-state index in [-0.39, 0.29) is 31.1 Å². The van der Waals surface area contributed by atoms with Crippen LogP contribution in [0.2, 0.25) is 0 Å². The molecule has 3 rings (SSSR count). The highest BCUT2D eigenvalue weighted by Gasteiger charge is 2.34. The maximum Gasteiger partial charge on any atom is 0.416 e. The van der Waals surface area contributed by atoms with Gasteiger partial charge in [0.15, 0.2) is 0 Å². The minimum absolute atomic E-state index is 0.0178. The number of rotatable bonds is 9. The van der Waals surface area contributed by atoms with Crippen LogP contribution in [0.1, 0.15) is 49.9 Å². The second-order valence-corrected chi connectivity index (χ2v) is 11.2. The molecule has 0 bridgehead atoms. The van der Waals surface area contributed by atoms with Gasteiger partial charge in [-0.15, -0.1) is 0 Å². The van der Waals surface area contributed by atoms with E-state index in [1.807, 2.05) is 13.0 Å². The average molecular weight is 592 g/mol. The summed E-state index contributed by atoms with van der Waals surface area (Å²) in [6.45, 7) is 8.64. The summed E-state index contributed by atoms with van der Waals surface area (Å²) in [7, 11) is 1.54. The molecule has 0 spiro atoms. The largest absolute Gasteiger partial charge is 0.444 e. The molecule has 0 saturated carbocycles. The molecule has 0 aliphatic carbocycles. The number of benzene rings is 2. The molecule has 230 valence electrons. The first-order valence-electron chi connectivity index (χ1n) is 14.0. The number of alkyl halides is 3. The van der Waals surface area contributed by atoms with E-state index in [0.29, 0.717) is 31.7 Å². The summed E-state index contributed by atoms with van der Waals surface area (Å²) in [5.74, 6) is -0.512. The summed E-state index contributed by atoms with van der Waals surface area (Å²) in [5.41, 5.74) is 0.924. The number of anilines is 1. The fraction of sp³-hybridized carbons (Fsp3) is 0.500. The summed E-state index contributed by atoms with van der Waals surface area (Å²) >= 11 is 0. The zero-order valence-electron chi connectivity index (χ0n) is 24.7. The quantitative estimate of drug-likeness (QED) is 0.389. The molecule has 12 heteroatoms. The second-order valence-electron chi connectivity index (χ2n) is 11.2. The van der Waals surface area contributed by atoms with Gasteiger partial charge in [-0.05, 0) is 62.9 Å². The highest BCUT2D eigenvalue weighted by molar-refractivity contribution is 5.85. The number of nitrogens with one attached hydrogen (secondary N) is 3. The fourth-order valence-electron chi connectivity index (χ4n) is 4.67. The van der Waals surface area contributed by atoms with Crippen molar-refractivity contribution in [2.45, 2.75) is 64.9 Å². The molecule has 1 aliphatic heterocycles. The van der Waals surface area contributed by atoms with Crippen LogP contribution in [0.5, 0.6) is 0 Å². The molecule has 1 aliphatic rings. The van der Waals surface area contributed by atoms with Crippen molar-refractivity contribution in [3.63, 3.8) is 0 Å². The van der Waals surface area contributed by atoms with E-state index in [0.717, 1.165) is 17.2 Å². The minimum atomic E-state index is -4.58. The van der Waals surface area contributed by atoms with Gasteiger partial charge in [0.25, 0.3) is 0 Å². The highest BCUT2D eigenvalue weighted by Crippen LogP contribution is 2.33. The molecular weight excluding hydrogens is 551 g/mol. The smallest absolute Gasteiger partial charge is 0.416 e. The molecule has 42 heavy (non-hydrogen) atoms. The van der Waals surface area contributed by atoms with Gasteiger partial charge in [-0.25, -0.2) is 9.59 Å². The van der Waals surface area contributed by atoms with E-state index in [4.69, 9.17) is 4.74 Å². The van der Waals surface area contributed by atoms with Crippen molar-refractivity contribution >= 4 is 23.7 Å². The first kappa shape index (κ1) is 32.6. The van der Waals surface area contributed by atoms with Gasteiger partial charge in [0.05, 0.1) is 5.56 Å². The number of likely N-dealkylation sites (N-methyl/N-ethyl adjacent to an activating group) is 1. The summed E-state index contributed by atoms with van der Waals surface area (Å²) in [6, 6.07) is 9.44. The molecule has 1 atom stereocenters. The average Bonchev–Trinajstić information content (AvgIpc) is 2.91. The number of urea groups is 1. The van der Waals surface area contributed by atoms with Gasteiger partial charge in [-0.3, -0.25) is 4.79 Å². The maximum absolute atomic E-state index is 13.8. The van der Waals surface area contributed by atoms with Crippen LogP contribution < -0.4 is 16.0 Å². The zero-order chi connectivity index (χ0) is 31.1. The topological polar surface area (TPSA) is 103 Å². The maximum atomic E-state index is 13.8. The molecular formula is C30H40F3N5O4. The third kappa shape index (κ3) is 9.02. The highest BCUT2D eigenvalue weighted by atomic mass is 19.4. The Hall–Kier alpha value is -3.96. The van der Waals surface area contributed by atoms with Crippen molar-refractivity contribution < 1.29 is 32.3 Å². The predicted molar refractivity (Wildman–Crippen MR) is 154 cm³/mol. The van der Waals surface area contributed by atoms with Gasteiger partial charge >= 0.3 is 18.3 Å². The molecule has 2 aromatic rings. The standard InChI is InChI=1S/C30H40F3N5O4/c1-6-34-27(40)38-16-14-22-21(19-38)11-9-13-24(22)36-25(18-20-10-7-8-12-23(20)30(31,32)33)26(39)35-15-17-37(5)28(41)42-29(2,3)4/h7-13,25,36H,6,14-19H2,1-5H3,(H,34,40)(H,35,39). The van der Waals surface area contributed by atoms with Crippen LogP contribution in [0, 0.1) is 0 Å². The summed E-state index contributed by atoms with van der Waals surface area (Å²) < 4.78 is 46.7. The number of fused-ring (bicyclic) bond motifs is 1. The molecule has 0 saturated heterocycles. The molecule has 2 aromatic carbocycles. The SMILES string of the molecule is CCNC(=O)N1CCc2c(cccc2NC(Cc2ccccc2C(F)(F)F)C(=O)NCCN(C)C(=O)OC(C)(C)C)C1. The monoisotopic (exact) mass is 591 g/mol. The number of ether oxygens (including phenoxy) is 1. The normalized spacial score (nSPS) is 14.0. The van der Waals surface area contributed by atoms with E-state index in [2.05, 4.69) is 16.0 Å². The minimum Gasteiger partial charge on any atom is -0.444 e. The van der Waals surface area contributed by atoms with Gasteiger partial charge in [-0.1, -0.05) is 30.3 Å². The van der Waals surface area contributed by atoms with Crippen LogP contribution in [0.15, 0.2) is 42.5 Å². The zero-order valence-corrected chi connectivity index (χ0v) is 24.7. The molecule has 0 fully saturated rings. The van der Waals surface area contributed by atoms with Crippen molar-refractivity contribution in [1.29, 1.82) is 0 Å². The van der Waals surface area contributed by atoms with Crippen molar-refractivity contribution in [2.75, 3.05) is 38.5 Å². The van der Waals surface area contributed by atoms with Crippen LogP contribution in [-0.4, -0.2) is 72.7 Å². The van der Waals surface area contributed by atoms with Crippen molar-refractivity contribution in [3.05, 3.63) is 64.7 Å². The van der Waals surface area contributed by atoms with Crippen LogP contribution in [0.4, 0.5) is 28.4 Å². The van der Waals surface area contributed by atoms with Gasteiger partial charge in [0.1, 0.15) is 11.6 Å². The molecule has 4 amide bonds. The Bertz CT molecular complexity index is 1260. The third-order valence-corrected chi connectivity index (χ3v) is 6.73. The Morgan fingerprint density at radius 3 is 2.43 bits per heavy atom. The molecule has 1 heterocycles. The van der Waals surface area contributed by atoms with Crippen molar-refractivity contribution in [1.82, 2.24) is 20.4 Å². The molecule has 9 nitrogen and oxygen atoms in total. The number of carbonyl (C=O) groups is 3. The van der Waals surface area contributed by atoms with Crippen molar-refractivity contribution in [3.8, 4) is 0 Å². The molecule has 0 aromatic heterocycles. The van der Waals surface area contributed by atoms with Crippen LogP contribution in [0.25, 0.3) is 0 Å². The fourth-order valence-corrected chi connectivity index (χ4v) is 4.67. The number of hydrogen-bond donors (Lipinski definition) is 3. The lowest BCUT2D eigenvalue weighted by atomic mass is 9.95. The van der Waals surface area contributed by atoms with Crippen LogP contribution in [0.3, 0.4) is 0 Å². The number of nitrogens with zero attached hydrogens (tertiary/aromatic N) is 2. The Labute approximate surface area is 244 Å². The van der Waals surface area contributed by atoms with E-state index in [1.165, 1.54) is 30.1 Å². The van der Waals surface area contributed by atoms with Crippen LogP contribution >= 0.6 is 0 Å². The molecule has 3 N–H and O–H groups in total. The Morgan fingerprint density at radius 1 is 1.05 bits per heavy atom. The lowest BCUT2D eigenvalue weighted by Crippen LogP contribution is -2.45. The number of hydrogen-bond acceptors (Lipinski definition) is 5. The van der Waals surface area contributed by atoms with E-state index < -0.39 is 35.4 Å². The predicted octanol–water partition coefficient (Wildman–Crippen LogP) is 4.80. The van der Waals surface area contributed by atoms with Gasteiger partial charge in [0.2, 0.25) is 5.91 Å². The number of amides is 4. The van der Waals surface area contributed by atoms with Crippen molar-refractivity contribution in [2.24, 2.45) is 0 Å². The Morgan fingerprint density at radius 2 is 1.76 bits per heavy atom. The number of halogens is 3. The summed E-state index contributed by atoms with van der Waals surface area (Å²) in [4.78, 5) is 41.1. The van der Waals surface area contributed by atoms with Gasteiger partial charge < -0.3 is 30.5 Å². The van der Waals surface area contributed by atoms with E-state index in [9.17, 15) is 27.6 Å². The molecule has 1 unspecified atom stereocenters. The lowest BCUT2D eigenvalue weighted by Gasteiger charge is -2.31. The second kappa shape index (κ2) is 13.8. The van der Waals surface area contributed by atoms with Crippen LogP contribution in [-0.2, 0) is 35.1 Å².